The summed E-state index contributed by atoms with van der Waals surface area (Å²) in [5.74, 6) is -0.178. The van der Waals surface area contributed by atoms with Crippen molar-refractivity contribution in [2.24, 2.45) is 5.41 Å². The standard InChI is InChI=1S/C14H20BrNO3/c1-4-16-8-10-7-11(5-6-12(10)15)19-9-14(2,3)13(17)18/h5-7,16H,4,8-9H2,1-3H3,(H,17,18). The zero-order valence-corrected chi connectivity index (χ0v) is 13.1. The van der Waals surface area contributed by atoms with Crippen molar-refractivity contribution in [3.8, 4) is 5.75 Å². The molecule has 0 unspecified atom stereocenters. The van der Waals surface area contributed by atoms with Crippen LogP contribution in [-0.4, -0.2) is 24.2 Å². The molecular weight excluding hydrogens is 310 g/mol. The van der Waals surface area contributed by atoms with E-state index in [1.54, 1.807) is 13.8 Å². The van der Waals surface area contributed by atoms with Gasteiger partial charge in [0.1, 0.15) is 12.4 Å². The number of benzene rings is 1. The third-order valence-electron chi connectivity index (χ3n) is 2.76. The van der Waals surface area contributed by atoms with Gasteiger partial charge in [-0.05, 0) is 44.2 Å². The van der Waals surface area contributed by atoms with Gasteiger partial charge in [-0.3, -0.25) is 4.79 Å². The van der Waals surface area contributed by atoms with Gasteiger partial charge in [0, 0.05) is 11.0 Å². The fraction of sp³-hybridized carbons (Fsp3) is 0.500. The zero-order chi connectivity index (χ0) is 14.5. The third kappa shape index (κ3) is 4.84. The van der Waals surface area contributed by atoms with E-state index in [9.17, 15) is 4.79 Å². The molecule has 0 bridgehead atoms. The highest BCUT2D eigenvalue weighted by Gasteiger charge is 2.28. The lowest BCUT2D eigenvalue weighted by Crippen LogP contribution is -2.30. The van der Waals surface area contributed by atoms with Gasteiger partial charge in [-0.25, -0.2) is 0 Å². The number of ether oxygens (including phenoxy) is 1. The van der Waals surface area contributed by atoms with Crippen LogP contribution in [0.5, 0.6) is 5.75 Å². The molecule has 0 radical (unpaired) electrons. The third-order valence-corrected chi connectivity index (χ3v) is 3.53. The highest BCUT2D eigenvalue weighted by molar-refractivity contribution is 9.10. The lowest BCUT2D eigenvalue weighted by Gasteiger charge is -2.20. The molecule has 1 rings (SSSR count). The molecule has 19 heavy (non-hydrogen) atoms. The molecule has 0 aliphatic rings. The smallest absolute Gasteiger partial charge is 0.312 e. The van der Waals surface area contributed by atoms with Crippen molar-refractivity contribution in [1.82, 2.24) is 5.32 Å². The Balaban J connectivity index is 2.72. The van der Waals surface area contributed by atoms with Crippen LogP contribution in [0.4, 0.5) is 0 Å². The fourth-order valence-corrected chi connectivity index (χ4v) is 1.75. The van der Waals surface area contributed by atoms with Gasteiger partial charge in [0.2, 0.25) is 0 Å². The van der Waals surface area contributed by atoms with Gasteiger partial charge in [0.25, 0.3) is 0 Å². The maximum Gasteiger partial charge on any atom is 0.312 e. The molecular formula is C14H20BrNO3. The van der Waals surface area contributed by atoms with Crippen molar-refractivity contribution >= 4 is 21.9 Å². The molecule has 0 aliphatic heterocycles. The van der Waals surface area contributed by atoms with Gasteiger partial charge in [-0.2, -0.15) is 0 Å². The van der Waals surface area contributed by atoms with Crippen molar-refractivity contribution in [3.05, 3.63) is 28.2 Å². The number of nitrogens with one attached hydrogen (secondary N) is 1. The van der Waals surface area contributed by atoms with E-state index in [1.165, 1.54) is 0 Å². The summed E-state index contributed by atoms with van der Waals surface area (Å²) in [6, 6.07) is 5.66. The van der Waals surface area contributed by atoms with Crippen molar-refractivity contribution < 1.29 is 14.6 Å². The van der Waals surface area contributed by atoms with Gasteiger partial charge in [-0.1, -0.05) is 22.9 Å². The van der Waals surface area contributed by atoms with Crippen LogP contribution in [0.2, 0.25) is 0 Å². The molecule has 0 amide bonds. The highest BCUT2D eigenvalue weighted by atomic mass is 79.9. The van der Waals surface area contributed by atoms with Gasteiger partial charge < -0.3 is 15.2 Å². The molecule has 0 saturated carbocycles. The van der Waals surface area contributed by atoms with Crippen LogP contribution >= 0.6 is 15.9 Å². The lowest BCUT2D eigenvalue weighted by molar-refractivity contribution is -0.148. The number of carboxylic acids is 1. The minimum atomic E-state index is -0.894. The minimum Gasteiger partial charge on any atom is -0.492 e. The maximum atomic E-state index is 11.0. The Morgan fingerprint density at radius 1 is 1.47 bits per heavy atom. The Morgan fingerprint density at radius 3 is 2.74 bits per heavy atom. The molecule has 2 N–H and O–H groups in total. The Kier molecular flexibility index (Phi) is 5.82. The number of carboxylic acid groups (broad SMARTS) is 1. The maximum absolute atomic E-state index is 11.0. The number of hydrogen-bond donors (Lipinski definition) is 2. The minimum absolute atomic E-state index is 0.143. The van der Waals surface area contributed by atoms with Crippen molar-refractivity contribution in [3.63, 3.8) is 0 Å². The molecule has 5 heteroatoms. The molecule has 0 fully saturated rings. The Hall–Kier alpha value is -1.07. The Labute approximate surface area is 122 Å². The van der Waals surface area contributed by atoms with Gasteiger partial charge in [0.15, 0.2) is 0 Å². The molecule has 4 nitrogen and oxygen atoms in total. The molecule has 106 valence electrons. The van der Waals surface area contributed by atoms with Gasteiger partial charge in [-0.15, -0.1) is 0 Å². The van der Waals surface area contributed by atoms with E-state index in [2.05, 4.69) is 21.2 Å². The van der Waals surface area contributed by atoms with Gasteiger partial charge >= 0.3 is 5.97 Å². The highest BCUT2D eigenvalue weighted by Crippen LogP contribution is 2.24. The summed E-state index contributed by atoms with van der Waals surface area (Å²) in [4.78, 5) is 11.0. The van der Waals surface area contributed by atoms with Crippen LogP contribution in [-0.2, 0) is 11.3 Å². The first-order valence-corrected chi connectivity index (χ1v) is 7.01. The summed E-state index contributed by atoms with van der Waals surface area (Å²) in [5, 5.41) is 12.3. The summed E-state index contributed by atoms with van der Waals surface area (Å²) >= 11 is 3.48. The van der Waals surface area contributed by atoms with E-state index < -0.39 is 11.4 Å². The first-order chi connectivity index (χ1) is 8.86. The van der Waals surface area contributed by atoms with E-state index in [0.717, 1.165) is 23.1 Å². The van der Waals surface area contributed by atoms with Crippen LogP contribution in [0.3, 0.4) is 0 Å². The SMILES string of the molecule is CCNCc1cc(OCC(C)(C)C(=O)O)ccc1Br. The van der Waals surface area contributed by atoms with E-state index in [-0.39, 0.29) is 6.61 Å². The summed E-state index contributed by atoms with van der Waals surface area (Å²) in [6.07, 6.45) is 0. The second kappa shape index (κ2) is 6.91. The molecule has 0 saturated heterocycles. The van der Waals surface area contributed by atoms with Gasteiger partial charge in [0.05, 0.1) is 5.41 Å². The van der Waals surface area contributed by atoms with E-state index in [1.807, 2.05) is 25.1 Å². The predicted octanol–water partition coefficient (Wildman–Crippen LogP) is 3.05. The summed E-state index contributed by atoms with van der Waals surface area (Å²) in [5.41, 5.74) is 0.196. The zero-order valence-electron chi connectivity index (χ0n) is 11.5. The molecule has 0 aromatic heterocycles. The van der Waals surface area contributed by atoms with E-state index in [4.69, 9.17) is 9.84 Å². The topological polar surface area (TPSA) is 58.6 Å². The summed E-state index contributed by atoms with van der Waals surface area (Å²) in [7, 11) is 0. The fourth-order valence-electron chi connectivity index (χ4n) is 1.36. The molecule has 0 heterocycles. The molecule has 0 aliphatic carbocycles. The second-order valence-corrected chi connectivity index (χ2v) is 5.87. The Bertz CT molecular complexity index is 446. The molecule has 0 atom stereocenters. The number of halogens is 1. The number of aliphatic carboxylic acids is 1. The normalized spacial score (nSPS) is 11.4. The summed E-state index contributed by atoms with van der Waals surface area (Å²) in [6.45, 7) is 7.12. The van der Waals surface area contributed by atoms with Crippen LogP contribution in [0, 0.1) is 5.41 Å². The predicted molar refractivity (Wildman–Crippen MR) is 78.4 cm³/mol. The number of carbonyl (C=O) groups is 1. The van der Waals surface area contributed by atoms with E-state index >= 15 is 0 Å². The first kappa shape index (κ1) is 16.0. The quantitative estimate of drug-likeness (QED) is 0.807. The van der Waals surface area contributed by atoms with Crippen LogP contribution in [0.15, 0.2) is 22.7 Å². The monoisotopic (exact) mass is 329 g/mol. The number of rotatable bonds is 7. The van der Waals surface area contributed by atoms with Crippen LogP contribution in [0.25, 0.3) is 0 Å². The molecule has 1 aromatic carbocycles. The van der Waals surface area contributed by atoms with Crippen LogP contribution in [0.1, 0.15) is 26.3 Å². The lowest BCUT2D eigenvalue weighted by atomic mass is 9.95. The first-order valence-electron chi connectivity index (χ1n) is 6.22. The Morgan fingerprint density at radius 2 is 2.16 bits per heavy atom. The molecule has 1 aromatic rings. The molecule has 0 spiro atoms. The van der Waals surface area contributed by atoms with Crippen molar-refractivity contribution in [2.45, 2.75) is 27.3 Å². The second-order valence-electron chi connectivity index (χ2n) is 5.01. The largest absolute Gasteiger partial charge is 0.492 e. The van der Waals surface area contributed by atoms with E-state index in [0.29, 0.717) is 5.75 Å². The summed E-state index contributed by atoms with van der Waals surface area (Å²) < 4.78 is 6.59. The van der Waals surface area contributed by atoms with Crippen molar-refractivity contribution in [1.29, 1.82) is 0 Å². The average Bonchev–Trinajstić information content (AvgIpc) is 2.36. The number of hydrogen-bond acceptors (Lipinski definition) is 3. The van der Waals surface area contributed by atoms with Crippen LogP contribution < -0.4 is 10.1 Å². The van der Waals surface area contributed by atoms with Crippen molar-refractivity contribution in [2.75, 3.05) is 13.2 Å². The average molecular weight is 330 g/mol.